The van der Waals surface area contributed by atoms with Crippen LogP contribution in [0.15, 0.2) is 23.2 Å². The number of aliphatic hydroxyl groups excluding tert-OH is 1. The fourth-order valence-corrected chi connectivity index (χ4v) is 4.64. The topological polar surface area (TPSA) is 134 Å². The summed E-state index contributed by atoms with van der Waals surface area (Å²) in [6.07, 6.45) is -1.74. The number of nitrogens with zero attached hydrogens (tertiary/aromatic N) is 2. The third-order valence-corrected chi connectivity index (χ3v) is 5.59. The van der Waals surface area contributed by atoms with Crippen molar-refractivity contribution in [1.29, 1.82) is 0 Å². The number of amidine groups is 1. The van der Waals surface area contributed by atoms with E-state index >= 15 is 0 Å². The summed E-state index contributed by atoms with van der Waals surface area (Å²) in [5.74, 6) is -0.835. The summed E-state index contributed by atoms with van der Waals surface area (Å²) >= 11 is 1.12. The maximum Gasteiger partial charge on any atom is 0.410 e. The van der Waals surface area contributed by atoms with Gasteiger partial charge in [-0.3, -0.25) is 20.4 Å². The van der Waals surface area contributed by atoms with Gasteiger partial charge in [0.2, 0.25) is 0 Å². The Morgan fingerprint density at radius 3 is 3.00 bits per heavy atom. The molecule has 2 aliphatic heterocycles. The van der Waals surface area contributed by atoms with Crippen molar-refractivity contribution < 1.29 is 29.1 Å². The first-order valence-corrected chi connectivity index (χ1v) is 8.75. The van der Waals surface area contributed by atoms with E-state index in [1.807, 2.05) is 0 Å². The van der Waals surface area contributed by atoms with Gasteiger partial charge >= 0.3 is 6.09 Å². The summed E-state index contributed by atoms with van der Waals surface area (Å²) in [6.45, 7) is -0.168. The molecule has 1 aromatic carbocycles. The van der Waals surface area contributed by atoms with E-state index < -0.39 is 34.4 Å². The van der Waals surface area contributed by atoms with E-state index in [0.717, 1.165) is 30.0 Å². The van der Waals surface area contributed by atoms with Crippen molar-refractivity contribution in [1.82, 2.24) is 5.32 Å². The number of nitrogens with one attached hydrogen (secondary N) is 1. The van der Waals surface area contributed by atoms with Crippen molar-refractivity contribution >= 4 is 28.7 Å². The number of hydrogen-bond acceptors (Lipinski definition) is 7. The van der Waals surface area contributed by atoms with Crippen LogP contribution in [-0.2, 0) is 10.3 Å². The van der Waals surface area contributed by atoms with Crippen molar-refractivity contribution in [3.05, 3.63) is 39.7 Å². The van der Waals surface area contributed by atoms with E-state index in [-0.39, 0.29) is 36.1 Å². The lowest BCUT2D eigenvalue weighted by atomic mass is 9.72. The van der Waals surface area contributed by atoms with Gasteiger partial charge in [-0.05, 0) is 6.07 Å². The maximum absolute atomic E-state index is 14.7. The largest absolute Gasteiger partial charge is 0.465 e. The molecule has 1 fully saturated rings. The number of carboxylic acid groups (broad SMARTS) is 1. The van der Waals surface area contributed by atoms with E-state index in [4.69, 9.17) is 9.84 Å². The Labute approximate surface area is 151 Å². The second-order valence-corrected chi connectivity index (χ2v) is 6.96. The molecular weight excluding hydrogens is 369 g/mol. The normalized spacial score (nSPS) is 28.0. The number of non-ortho nitro benzene ring substituents is 1. The highest BCUT2D eigenvalue weighted by molar-refractivity contribution is 8.13. The Hall–Kier alpha value is -2.24. The molecule has 0 saturated carbocycles. The fraction of sp³-hybridized carbons (Fsp3) is 0.467. The fourth-order valence-electron chi connectivity index (χ4n) is 3.43. The molecule has 3 rings (SSSR count). The van der Waals surface area contributed by atoms with Crippen LogP contribution in [-0.4, -0.2) is 51.5 Å². The number of ether oxygens (including phenoxy) is 1. The Balaban J connectivity index is 2.17. The summed E-state index contributed by atoms with van der Waals surface area (Å²) in [5, 5.41) is 31.9. The van der Waals surface area contributed by atoms with Crippen molar-refractivity contribution in [2.75, 3.05) is 19.0 Å². The van der Waals surface area contributed by atoms with Gasteiger partial charge < -0.3 is 14.9 Å². The molecule has 0 aromatic heterocycles. The van der Waals surface area contributed by atoms with Crippen molar-refractivity contribution in [2.24, 2.45) is 10.9 Å². The highest BCUT2D eigenvalue weighted by atomic mass is 32.2. The summed E-state index contributed by atoms with van der Waals surface area (Å²) < 4.78 is 20.2. The zero-order chi connectivity index (χ0) is 18.9. The minimum Gasteiger partial charge on any atom is -0.465 e. The standard InChI is InChI=1S/C15H16FN3O6S/c16-11-2-1-8(19(23)24)5-9(11)15-3-4-25-12(6-20)10(15)7-26-13(18-15)17-14(21)22/h1-2,5,10,12,20H,3-4,6-7H2,(H,17,18)(H,21,22). The summed E-state index contributed by atoms with van der Waals surface area (Å²) in [4.78, 5) is 25.9. The van der Waals surface area contributed by atoms with Gasteiger partial charge in [0.05, 0.1) is 23.2 Å². The molecule has 0 radical (unpaired) electrons. The molecule has 2 heterocycles. The average Bonchev–Trinajstić information content (AvgIpc) is 2.60. The van der Waals surface area contributed by atoms with E-state index in [1.54, 1.807) is 0 Å². The number of nitro groups is 1. The quantitative estimate of drug-likeness (QED) is 0.532. The smallest absolute Gasteiger partial charge is 0.410 e. The van der Waals surface area contributed by atoms with E-state index in [9.17, 15) is 24.4 Å². The number of carbonyl (C=O) groups is 1. The van der Waals surface area contributed by atoms with Gasteiger partial charge in [-0.25, -0.2) is 9.18 Å². The average molecular weight is 385 g/mol. The SMILES string of the molecule is O=C(O)NC1=NC2(c3cc([N+](=O)[O-])ccc3F)CCOC(CO)C2CS1. The lowest BCUT2D eigenvalue weighted by molar-refractivity contribution is -0.385. The van der Waals surface area contributed by atoms with E-state index in [2.05, 4.69) is 10.3 Å². The van der Waals surface area contributed by atoms with Gasteiger partial charge in [-0.15, -0.1) is 0 Å². The highest BCUT2D eigenvalue weighted by Crippen LogP contribution is 2.49. The molecule has 1 amide bonds. The van der Waals surface area contributed by atoms with Crippen molar-refractivity contribution in [2.45, 2.75) is 18.1 Å². The molecule has 11 heteroatoms. The molecule has 140 valence electrons. The summed E-state index contributed by atoms with van der Waals surface area (Å²) in [7, 11) is 0. The summed E-state index contributed by atoms with van der Waals surface area (Å²) in [5.41, 5.74) is -1.55. The van der Waals surface area contributed by atoms with Crippen LogP contribution < -0.4 is 5.32 Å². The van der Waals surface area contributed by atoms with Crippen LogP contribution >= 0.6 is 11.8 Å². The third-order valence-electron chi connectivity index (χ3n) is 4.60. The van der Waals surface area contributed by atoms with Crippen LogP contribution in [0.4, 0.5) is 14.9 Å². The minimum absolute atomic E-state index is 0.00318. The van der Waals surface area contributed by atoms with Crippen LogP contribution in [0.5, 0.6) is 0 Å². The molecule has 9 nitrogen and oxygen atoms in total. The molecule has 0 spiro atoms. The third kappa shape index (κ3) is 3.24. The van der Waals surface area contributed by atoms with Crippen LogP contribution in [0, 0.1) is 21.8 Å². The number of nitro benzene ring substituents is 1. The zero-order valence-corrected chi connectivity index (χ0v) is 14.2. The van der Waals surface area contributed by atoms with E-state index in [0.29, 0.717) is 5.75 Å². The number of aliphatic imine (C=N–C) groups is 1. The number of thioether (sulfide) groups is 1. The van der Waals surface area contributed by atoms with Gasteiger partial charge in [0.1, 0.15) is 5.82 Å². The molecule has 1 saturated heterocycles. The van der Waals surface area contributed by atoms with Crippen LogP contribution in [0.3, 0.4) is 0 Å². The predicted octanol–water partition coefficient (Wildman–Crippen LogP) is 1.70. The van der Waals surface area contributed by atoms with Gasteiger partial charge in [-0.1, -0.05) is 11.8 Å². The van der Waals surface area contributed by atoms with Crippen molar-refractivity contribution in [3.8, 4) is 0 Å². The Morgan fingerprint density at radius 1 is 1.58 bits per heavy atom. The molecule has 3 atom stereocenters. The Bertz CT molecular complexity index is 776. The van der Waals surface area contributed by atoms with Gasteiger partial charge in [0, 0.05) is 42.4 Å². The van der Waals surface area contributed by atoms with Crippen molar-refractivity contribution in [3.63, 3.8) is 0 Å². The van der Waals surface area contributed by atoms with Gasteiger partial charge in [-0.2, -0.15) is 0 Å². The minimum atomic E-state index is -1.31. The number of rotatable bonds is 3. The lowest BCUT2D eigenvalue weighted by Crippen LogP contribution is -2.53. The number of fused-ring (bicyclic) bond motifs is 1. The maximum atomic E-state index is 14.7. The summed E-state index contributed by atoms with van der Waals surface area (Å²) in [6, 6.07) is 3.19. The van der Waals surface area contributed by atoms with Gasteiger partial charge in [0.25, 0.3) is 5.69 Å². The number of benzene rings is 1. The van der Waals surface area contributed by atoms with E-state index in [1.165, 1.54) is 0 Å². The monoisotopic (exact) mass is 385 g/mol. The lowest BCUT2D eigenvalue weighted by Gasteiger charge is -2.47. The molecular formula is C15H16FN3O6S. The highest BCUT2D eigenvalue weighted by Gasteiger charge is 2.51. The molecule has 3 N–H and O–H groups in total. The number of hydrogen-bond donors (Lipinski definition) is 3. The van der Waals surface area contributed by atoms with Crippen LogP contribution in [0.25, 0.3) is 0 Å². The molecule has 3 unspecified atom stereocenters. The molecule has 0 aliphatic carbocycles. The predicted molar refractivity (Wildman–Crippen MR) is 90.7 cm³/mol. The Kier molecular flexibility index (Phi) is 5.12. The Morgan fingerprint density at radius 2 is 2.35 bits per heavy atom. The second kappa shape index (κ2) is 7.17. The first-order chi connectivity index (χ1) is 12.4. The number of halogens is 1. The van der Waals surface area contributed by atoms with Crippen LogP contribution in [0.2, 0.25) is 0 Å². The van der Waals surface area contributed by atoms with Gasteiger partial charge in [0.15, 0.2) is 5.17 Å². The van der Waals surface area contributed by atoms with Crippen LogP contribution in [0.1, 0.15) is 12.0 Å². The first-order valence-electron chi connectivity index (χ1n) is 7.77. The number of aliphatic hydroxyl groups is 1. The molecule has 0 bridgehead atoms. The molecule has 26 heavy (non-hydrogen) atoms. The molecule has 1 aromatic rings. The molecule has 2 aliphatic rings. The first kappa shape index (κ1) is 18.5. The zero-order valence-electron chi connectivity index (χ0n) is 13.4. The second-order valence-electron chi connectivity index (χ2n) is 5.95. The number of amides is 1.